The third-order valence-electron chi connectivity index (χ3n) is 5.49. The SMILES string of the molecule is Cc1c(C#N)cccc1C(C)Nc1nnc(C)c2cnc(N3CCOCC3)cc12. The minimum absolute atomic E-state index is 0.0245. The monoisotopic (exact) mass is 388 g/mol. The van der Waals surface area contributed by atoms with Crippen LogP contribution < -0.4 is 10.2 Å². The molecule has 4 rings (SSSR count). The summed E-state index contributed by atoms with van der Waals surface area (Å²) in [4.78, 5) is 6.87. The molecule has 2 aromatic heterocycles. The first-order valence-corrected chi connectivity index (χ1v) is 9.80. The van der Waals surface area contributed by atoms with Crippen LogP contribution in [-0.2, 0) is 4.74 Å². The van der Waals surface area contributed by atoms with E-state index in [0.29, 0.717) is 18.8 Å². The maximum absolute atomic E-state index is 9.33. The van der Waals surface area contributed by atoms with E-state index in [4.69, 9.17) is 4.74 Å². The van der Waals surface area contributed by atoms with Crippen molar-refractivity contribution in [3.63, 3.8) is 0 Å². The molecule has 7 nitrogen and oxygen atoms in total. The topological polar surface area (TPSA) is 87.0 Å². The zero-order valence-corrected chi connectivity index (χ0v) is 16.9. The molecule has 0 bridgehead atoms. The number of hydrogen-bond donors (Lipinski definition) is 1. The van der Waals surface area contributed by atoms with Gasteiger partial charge in [0.15, 0.2) is 5.82 Å². The number of rotatable bonds is 4. The second kappa shape index (κ2) is 8.02. The number of aryl methyl sites for hydroxylation is 1. The molecule has 1 aromatic carbocycles. The molecule has 0 amide bonds. The van der Waals surface area contributed by atoms with Gasteiger partial charge < -0.3 is 15.0 Å². The molecule has 1 aliphatic rings. The molecule has 3 aromatic rings. The lowest BCUT2D eigenvalue weighted by atomic mass is 9.98. The molecule has 0 radical (unpaired) electrons. The van der Waals surface area contributed by atoms with Crippen LogP contribution in [0.5, 0.6) is 0 Å². The molecule has 0 spiro atoms. The van der Waals surface area contributed by atoms with E-state index in [-0.39, 0.29) is 6.04 Å². The highest BCUT2D eigenvalue weighted by atomic mass is 16.5. The van der Waals surface area contributed by atoms with Crippen LogP contribution in [0.25, 0.3) is 10.8 Å². The van der Waals surface area contributed by atoms with Crippen LogP contribution in [0.15, 0.2) is 30.5 Å². The minimum atomic E-state index is -0.0245. The summed E-state index contributed by atoms with van der Waals surface area (Å²) in [6.45, 7) is 9.07. The van der Waals surface area contributed by atoms with Gasteiger partial charge in [-0.1, -0.05) is 12.1 Å². The van der Waals surface area contributed by atoms with Crippen LogP contribution in [-0.4, -0.2) is 41.5 Å². The van der Waals surface area contributed by atoms with Crippen molar-refractivity contribution in [3.05, 3.63) is 52.8 Å². The largest absolute Gasteiger partial charge is 0.378 e. The Balaban J connectivity index is 1.71. The number of anilines is 2. The Bertz CT molecular complexity index is 1080. The van der Waals surface area contributed by atoms with Gasteiger partial charge in [0, 0.05) is 30.1 Å². The molecule has 7 heteroatoms. The zero-order chi connectivity index (χ0) is 20.4. The lowest BCUT2D eigenvalue weighted by Crippen LogP contribution is -2.36. The maximum Gasteiger partial charge on any atom is 0.157 e. The molecular weight excluding hydrogens is 364 g/mol. The highest BCUT2D eigenvalue weighted by Gasteiger charge is 2.17. The first kappa shape index (κ1) is 19.1. The van der Waals surface area contributed by atoms with E-state index < -0.39 is 0 Å². The summed E-state index contributed by atoms with van der Waals surface area (Å²) in [7, 11) is 0. The number of aromatic nitrogens is 3. The van der Waals surface area contributed by atoms with E-state index in [1.54, 1.807) is 0 Å². The molecule has 1 aliphatic heterocycles. The van der Waals surface area contributed by atoms with Gasteiger partial charge in [-0.15, -0.1) is 5.10 Å². The number of hydrogen-bond acceptors (Lipinski definition) is 7. The lowest BCUT2D eigenvalue weighted by molar-refractivity contribution is 0.122. The number of nitriles is 1. The third kappa shape index (κ3) is 3.71. The second-order valence-corrected chi connectivity index (χ2v) is 7.32. The summed E-state index contributed by atoms with van der Waals surface area (Å²) in [5.41, 5.74) is 3.59. The number of morpholine rings is 1. The first-order chi connectivity index (χ1) is 14.1. The van der Waals surface area contributed by atoms with E-state index in [0.717, 1.165) is 52.3 Å². The third-order valence-corrected chi connectivity index (χ3v) is 5.49. The van der Waals surface area contributed by atoms with E-state index >= 15 is 0 Å². The number of nitrogens with one attached hydrogen (secondary N) is 1. The molecule has 1 atom stereocenters. The molecule has 1 saturated heterocycles. The first-order valence-electron chi connectivity index (χ1n) is 9.80. The Morgan fingerprint density at radius 1 is 1.17 bits per heavy atom. The fraction of sp³-hybridized carbons (Fsp3) is 0.364. The van der Waals surface area contributed by atoms with E-state index in [1.807, 2.05) is 38.2 Å². The Kier molecular flexibility index (Phi) is 5.28. The minimum Gasteiger partial charge on any atom is -0.378 e. The average Bonchev–Trinajstić information content (AvgIpc) is 2.76. The Morgan fingerprint density at radius 3 is 2.72 bits per heavy atom. The van der Waals surface area contributed by atoms with Crippen molar-refractivity contribution in [3.8, 4) is 6.07 Å². The van der Waals surface area contributed by atoms with E-state index in [2.05, 4.69) is 44.5 Å². The van der Waals surface area contributed by atoms with Crippen molar-refractivity contribution in [1.82, 2.24) is 15.2 Å². The van der Waals surface area contributed by atoms with Crippen molar-refractivity contribution >= 4 is 22.4 Å². The molecule has 1 N–H and O–H groups in total. The van der Waals surface area contributed by atoms with Crippen LogP contribution in [0.4, 0.5) is 11.6 Å². The standard InChI is InChI=1S/C22H24N6O/c1-14-17(12-23)5-4-6-18(14)15(2)25-22-19-11-21(28-7-9-29-10-8-28)24-13-20(19)16(3)26-27-22/h4-6,11,13,15H,7-10H2,1-3H3,(H,25,27). The number of benzene rings is 1. The normalized spacial score (nSPS) is 15.2. The summed E-state index contributed by atoms with van der Waals surface area (Å²) in [5, 5.41) is 23.5. The number of ether oxygens (including phenoxy) is 1. The highest BCUT2D eigenvalue weighted by molar-refractivity contribution is 5.94. The van der Waals surface area contributed by atoms with Gasteiger partial charge in [-0.05, 0) is 44.0 Å². The zero-order valence-electron chi connectivity index (χ0n) is 16.9. The summed E-state index contributed by atoms with van der Waals surface area (Å²) in [6, 6.07) is 10.1. The van der Waals surface area contributed by atoms with Crippen LogP contribution in [0.3, 0.4) is 0 Å². The Hall–Kier alpha value is -3.24. The van der Waals surface area contributed by atoms with E-state index in [1.165, 1.54) is 0 Å². The van der Waals surface area contributed by atoms with Gasteiger partial charge in [0.25, 0.3) is 0 Å². The molecule has 0 aliphatic carbocycles. The van der Waals surface area contributed by atoms with Crippen molar-refractivity contribution in [2.45, 2.75) is 26.8 Å². The molecule has 1 fully saturated rings. The smallest absolute Gasteiger partial charge is 0.157 e. The second-order valence-electron chi connectivity index (χ2n) is 7.32. The van der Waals surface area contributed by atoms with Crippen LogP contribution in [0.1, 0.15) is 35.3 Å². The van der Waals surface area contributed by atoms with Crippen LogP contribution in [0.2, 0.25) is 0 Å². The summed E-state index contributed by atoms with van der Waals surface area (Å²) in [5.74, 6) is 1.64. The van der Waals surface area contributed by atoms with Crippen molar-refractivity contribution in [1.29, 1.82) is 5.26 Å². The lowest BCUT2D eigenvalue weighted by Gasteiger charge is -2.28. The maximum atomic E-state index is 9.33. The number of fused-ring (bicyclic) bond motifs is 1. The van der Waals surface area contributed by atoms with Crippen LogP contribution >= 0.6 is 0 Å². The van der Waals surface area contributed by atoms with Gasteiger partial charge in [-0.25, -0.2) is 4.98 Å². The van der Waals surface area contributed by atoms with Gasteiger partial charge in [0.1, 0.15) is 5.82 Å². The van der Waals surface area contributed by atoms with Gasteiger partial charge in [0.2, 0.25) is 0 Å². The summed E-state index contributed by atoms with van der Waals surface area (Å²) >= 11 is 0. The van der Waals surface area contributed by atoms with E-state index in [9.17, 15) is 5.26 Å². The van der Waals surface area contributed by atoms with Crippen molar-refractivity contribution in [2.75, 3.05) is 36.5 Å². The quantitative estimate of drug-likeness (QED) is 0.731. The molecule has 1 unspecified atom stereocenters. The van der Waals surface area contributed by atoms with Gasteiger partial charge in [-0.3, -0.25) is 0 Å². The average molecular weight is 388 g/mol. The molecular formula is C22H24N6O. The predicted molar refractivity (Wildman–Crippen MR) is 113 cm³/mol. The van der Waals surface area contributed by atoms with Gasteiger partial charge in [0.05, 0.1) is 36.6 Å². The number of nitrogens with zero attached hydrogens (tertiary/aromatic N) is 5. The molecule has 29 heavy (non-hydrogen) atoms. The van der Waals surface area contributed by atoms with Crippen LogP contribution in [0, 0.1) is 25.2 Å². The molecule has 3 heterocycles. The van der Waals surface area contributed by atoms with Gasteiger partial charge in [-0.2, -0.15) is 10.4 Å². The molecule has 0 saturated carbocycles. The van der Waals surface area contributed by atoms with Crippen molar-refractivity contribution in [2.24, 2.45) is 0 Å². The van der Waals surface area contributed by atoms with Crippen molar-refractivity contribution < 1.29 is 4.74 Å². The number of pyridine rings is 1. The fourth-order valence-corrected chi connectivity index (χ4v) is 3.76. The summed E-state index contributed by atoms with van der Waals surface area (Å²) in [6.07, 6.45) is 1.88. The highest BCUT2D eigenvalue weighted by Crippen LogP contribution is 2.30. The Morgan fingerprint density at radius 2 is 1.97 bits per heavy atom. The predicted octanol–water partition coefficient (Wildman–Crippen LogP) is 3.52. The fourth-order valence-electron chi connectivity index (χ4n) is 3.76. The molecule has 148 valence electrons. The Labute approximate surface area is 170 Å². The summed E-state index contributed by atoms with van der Waals surface area (Å²) < 4.78 is 5.46. The van der Waals surface area contributed by atoms with Gasteiger partial charge >= 0.3 is 0 Å².